The summed E-state index contributed by atoms with van der Waals surface area (Å²) in [7, 11) is -5.88. The summed E-state index contributed by atoms with van der Waals surface area (Å²) >= 11 is 0. The van der Waals surface area contributed by atoms with Crippen molar-refractivity contribution in [2.75, 3.05) is 30.6 Å². The van der Waals surface area contributed by atoms with Gasteiger partial charge in [-0.2, -0.15) is 0 Å². The fraction of sp³-hybridized carbons (Fsp3) is 0.300. The van der Waals surface area contributed by atoms with Crippen molar-refractivity contribution in [2.45, 2.75) is 31.4 Å². The summed E-state index contributed by atoms with van der Waals surface area (Å²) in [6.07, 6.45) is 1.19. The van der Waals surface area contributed by atoms with Crippen LogP contribution < -0.4 is 10.0 Å². The monoisotopic (exact) mass is 613 g/mol. The van der Waals surface area contributed by atoms with E-state index in [2.05, 4.69) is 10.0 Å². The molecule has 1 amide bonds. The van der Waals surface area contributed by atoms with Gasteiger partial charge in [-0.1, -0.05) is 30.3 Å². The van der Waals surface area contributed by atoms with E-state index in [0.717, 1.165) is 0 Å². The van der Waals surface area contributed by atoms with E-state index in [-0.39, 0.29) is 46.6 Å². The molecule has 1 saturated heterocycles. The zero-order valence-electron chi connectivity index (χ0n) is 23.3. The van der Waals surface area contributed by atoms with Crippen LogP contribution in [0.5, 0.6) is 0 Å². The maximum Gasteiger partial charge on any atom is 0.255 e. The molecule has 42 heavy (non-hydrogen) atoms. The van der Waals surface area contributed by atoms with Crippen LogP contribution in [0.1, 0.15) is 47.2 Å². The molecule has 0 aliphatic carbocycles. The molecule has 9 nitrogen and oxygen atoms in total. The van der Waals surface area contributed by atoms with Gasteiger partial charge in [0.05, 0.1) is 22.8 Å². The topological polar surface area (TPSA) is 126 Å². The van der Waals surface area contributed by atoms with Gasteiger partial charge < -0.3 is 9.73 Å². The summed E-state index contributed by atoms with van der Waals surface area (Å²) in [6, 6.07) is 17.7. The lowest BCUT2D eigenvalue weighted by molar-refractivity contribution is 0.0964. The standard InChI is InChI=1S/C30H32FN3O6S2/c1-3-41(36,37)33-26-17-27-25(28(30(35)32-2)29(40-27)21-11-13-23(31)14-12-21)16-24(26)22-10-7-15-34(18-22)42(38,39)19-20-8-5-4-6-9-20/h4-6,8-9,11-14,16-17,22,33H,3,7,10,15,18-19H2,1-2H3,(H,32,35)/t22-/m0/s1. The smallest absolute Gasteiger partial charge is 0.255 e. The zero-order chi connectivity index (χ0) is 30.1. The van der Waals surface area contributed by atoms with Gasteiger partial charge in [0.25, 0.3) is 5.91 Å². The Kier molecular flexibility index (Phi) is 8.40. The number of rotatable bonds is 9. The van der Waals surface area contributed by atoms with Crippen LogP contribution in [-0.2, 0) is 25.8 Å². The molecule has 1 aromatic heterocycles. The van der Waals surface area contributed by atoms with Crippen LogP contribution in [-0.4, -0.2) is 52.9 Å². The van der Waals surface area contributed by atoms with Crippen molar-refractivity contribution in [1.82, 2.24) is 9.62 Å². The highest BCUT2D eigenvalue weighted by molar-refractivity contribution is 7.92. The number of halogens is 1. The summed E-state index contributed by atoms with van der Waals surface area (Å²) < 4.78 is 76.0. The van der Waals surface area contributed by atoms with E-state index in [1.807, 2.05) is 6.07 Å². The molecule has 0 unspecified atom stereocenters. The number of hydrogen-bond donors (Lipinski definition) is 2. The third-order valence-electron chi connectivity index (χ3n) is 7.48. The first kappa shape index (κ1) is 29.7. The Hall–Kier alpha value is -3.74. The van der Waals surface area contributed by atoms with Crippen LogP contribution >= 0.6 is 0 Å². The SMILES string of the molecule is CCS(=O)(=O)Nc1cc2oc(-c3ccc(F)cc3)c(C(=O)NC)c2cc1[C@H]1CCCN(S(=O)(=O)Cc2ccccc2)C1. The van der Waals surface area contributed by atoms with Crippen LogP contribution in [0.25, 0.3) is 22.3 Å². The lowest BCUT2D eigenvalue weighted by atomic mass is 9.89. The molecule has 0 radical (unpaired) electrons. The van der Waals surface area contributed by atoms with E-state index in [1.165, 1.54) is 48.6 Å². The molecular formula is C30H32FN3O6S2. The largest absolute Gasteiger partial charge is 0.455 e. The van der Waals surface area contributed by atoms with Gasteiger partial charge in [0, 0.05) is 37.2 Å². The number of sulfonamides is 2. The van der Waals surface area contributed by atoms with Crippen molar-refractivity contribution in [3.05, 3.63) is 89.2 Å². The average molecular weight is 614 g/mol. The molecule has 12 heteroatoms. The minimum absolute atomic E-state index is 0.140. The molecule has 1 atom stereocenters. The molecule has 5 rings (SSSR count). The number of hydrogen-bond acceptors (Lipinski definition) is 6. The summed E-state index contributed by atoms with van der Waals surface area (Å²) in [5.74, 6) is -1.34. The molecule has 4 aromatic rings. The zero-order valence-corrected chi connectivity index (χ0v) is 24.9. The van der Waals surface area contributed by atoms with Crippen molar-refractivity contribution in [3.8, 4) is 11.3 Å². The second-order valence-corrected chi connectivity index (χ2v) is 14.3. The van der Waals surface area contributed by atoms with Crippen LogP contribution in [0.2, 0.25) is 0 Å². The maximum atomic E-state index is 13.7. The van der Waals surface area contributed by atoms with Gasteiger partial charge in [-0.05, 0) is 67.1 Å². The highest BCUT2D eigenvalue weighted by atomic mass is 32.2. The number of furan rings is 1. The highest BCUT2D eigenvalue weighted by Gasteiger charge is 2.33. The fourth-order valence-electron chi connectivity index (χ4n) is 5.31. The third kappa shape index (κ3) is 6.20. The minimum Gasteiger partial charge on any atom is -0.455 e. The maximum absolute atomic E-state index is 13.7. The number of fused-ring (bicyclic) bond motifs is 1. The second-order valence-electron chi connectivity index (χ2n) is 10.3. The van der Waals surface area contributed by atoms with E-state index in [1.54, 1.807) is 30.3 Å². The van der Waals surface area contributed by atoms with Gasteiger partial charge in [0.15, 0.2) is 0 Å². The number of nitrogens with one attached hydrogen (secondary N) is 2. The highest BCUT2D eigenvalue weighted by Crippen LogP contribution is 2.41. The number of benzene rings is 3. The van der Waals surface area contributed by atoms with Crippen LogP contribution in [0.4, 0.5) is 10.1 Å². The average Bonchev–Trinajstić information content (AvgIpc) is 3.35. The molecule has 3 aromatic carbocycles. The summed E-state index contributed by atoms with van der Waals surface area (Å²) in [5, 5.41) is 3.06. The number of anilines is 1. The van der Waals surface area contributed by atoms with E-state index in [9.17, 15) is 26.0 Å². The van der Waals surface area contributed by atoms with Gasteiger partial charge in [0.1, 0.15) is 17.2 Å². The lowest BCUT2D eigenvalue weighted by Crippen LogP contribution is -2.40. The number of nitrogens with zero attached hydrogens (tertiary/aromatic N) is 1. The first-order chi connectivity index (χ1) is 20.0. The predicted molar refractivity (Wildman–Crippen MR) is 161 cm³/mol. The van der Waals surface area contributed by atoms with Crippen LogP contribution in [0, 0.1) is 5.82 Å². The Bertz CT molecular complexity index is 1820. The number of carbonyl (C=O) groups is 1. The first-order valence-corrected chi connectivity index (χ1v) is 16.9. The van der Waals surface area contributed by atoms with Gasteiger partial charge in [-0.15, -0.1) is 0 Å². The second kappa shape index (κ2) is 11.9. The molecule has 1 fully saturated rings. The molecule has 2 heterocycles. The van der Waals surface area contributed by atoms with Crippen molar-refractivity contribution < 1.29 is 30.4 Å². The molecular weight excluding hydrogens is 581 g/mol. The number of piperidine rings is 1. The van der Waals surface area contributed by atoms with Gasteiger partial charge >= 0.3 is 0 Å². The summed E-state index contributed by atoms with van der Waals surface area (Å²) in [6.45, 7) is 2.02. The van der Waals surface area contributed by atoms with Crippen molar-refractivity contribution in [1.29, 1.82) is 0 Å². The normalized spacial score (nSPS) is 16.4. The third-order valence-corrected chi connectivity index (χ3v) is 10.6. The fourth-order valence-corrected chi connectivity index (χ4v) is 7.57. The molecule has 0 spiro atoms. The van der Waals surface area contributed by atoms with Gasteiger partial charge in [-0.25, -0.2) is 25.5 Å². The quantitative estimate of drug-likeness (QED) is 0.272. The first-order valence-electron chi connectivity index (χ1n) is 13.6. The molecule has 222 valence electrons. The molecule has 0 saturated carbocycles. The Balaban J connectivity index is 1.62. The molecule has 1 aliphatic heterocycles. The molecule has 2 N–H and O–H groups in total. The Morgan fingerprint density at radius 1 is 1.05 bits per heavy atom. The summed E-state index contributed by atoms with van der Waals surface area (Å²) in [5.41, 5.74) is 2.46. The molecule has 1 aliphatic rings. The van der Waals surface area contributed by atoms with Crippen LogP contribution in [0.15, 0.2) is 71.1 Å². The minimum atomic E-state index is -3.71. The predicted octanol–water partition coefficient (Wildman–Crippen LogP) is 5.07. The molecule has 0 bridgehead atoms. The lowest BCUT2D eigenvalue weighted by Gasteiger charge is -2.33. The van der Waals surface area contributed by atoms with Crippen molar-refractivity contribution in [3.63, 3.8) is 0 Å². The summed E-state index contributed by atoms with van der Waals surface area (Å²) in [4.78, 5) is 13.1. The van der Waals surface area contributed by atoms with Gasteiger partial charge in [0.2, 0.25) is 20.0 Å². The van der Waals surface area contributed by atoms with Crippen molar-refractivity contribution in [2.24, 2.45) is 0 Å². The van der Waals surface area contributed by atoms with Crippen molar-refractivity contribution >= 4 is 42.6 Å². The van der Waals surface area contributed by atoms with Gasteiger partial charge in [-0.3, -0.25) is 9.52 Å². The van der Waals surface area contributed by atoms with E-state index in [4.69, 9.17) is 4.42 Å². The Morgan fingerprint density at radius 2 is 1.76 bits per heavy atom. The Morgan fingerprint density at radius 3 is 2.43 bits per heavy atom. The van der Waals surface area contributed by atoms with E-state index in [0.29, 0.717) is 41.5 Å². The number of amides is 1. The Labute approximate surface area is 244 Å². The number of carbonyl (C=O) groups excluding carboxylic acids is 1. The van der Waals surface area contributed by atoms with E-state index >= 15 is 0 Å². The van der Waals surface area contributed by atoms with Crippen LogP contribution in [0.3, 0.4) is 0 Å². The van der Waals surface area contributed by atoms with E-state index < -0.39 is 31.8 Å².